The van der Waals surface area contributed by atoms with Gasteiger partial charge in [0.25, 0.3) is 0 Å². The number of carbonyl (C=O) groups is 2. The molecular formula is C34H58N2O25. The summed E-state index contributed by atoms with van der Waals surface area (Å²) in [7, 11) is 0. The normalized spacial score (nSPS) is 49.6. The molecule has 2 amide bonds. The molecule has 0 aromatic heterocycles. The number of amides is 2. The molecule has 5 aliphatic heterocycles. The molecule has 27 heteroatoms. The Bertz CT molecular complexity index is 1420. The molecule has 0 aliphatic carbocycles. The lowest BCUT2D eigenvalue weighted by Gasteiger charge is -2.51. The minimum atomic E-state index is -2.13. The van der Waals surface area contributed by atoms with E-state index in [2.05, 4.69) is 10.6 Å². The maximum absolute atomic E-state index is 12.7. The Morgan fingerprint density at radius 3 is 1.39 bits per heavy atom. The molecule has 5 rings (SSSR count). The van der Waals surface area contributed by atoms with Gasteiger partial charge in [-0.3, -0.25) is 9.59 Å². The lowest BCUT2D eigenvalue weighted by molar-refractivity contribution is -0.388. The van der Waals surface area contributed by atoms with Gasteiger partial charge in [-0.15, -0.1) is 0 Å². The van der Waals surface area contributed by atoms with Crippen molar-refractivity contribution in [2.75, 3.05) is 26.4 Å². The first kappa shape index (κ1) is 50.0. The molecule has 354 valence electrons. The lowest BCUT2D eigenvalue weighted by atomic mass is 9.94. The maximum atomic E-state index is 12.7. The number of aliphatic hydroxyl groups excluding tert-OH is 14. The highest BCUT2D eigenvalue weighted by Crippen LogP contribution is 2.36. The highest BCUT2D eigenvalue weighted by atomic mass is 16.8. The average molecular weight is 895 g/mol. The van der Waals surface area contributed by atoms with Gasteiger partial charge in [0.05, 0.1) is 32.5 Å². The number of ether oxygens (including phenoxy) is 9. The van der Waals surface area contributed by atoms with E-state index in [0.29, 0.717) is 0 Å². The van der Waals surface area contributed by atoms with Gasteiger partial charge in [0.15, 0.2) is 31.5 Å². The third kappa shape index (κ3) is 10.8. The second kappa shape index (κ2) is 21.3. The maximum Gasteiger partial charge on any atom is 0.217 e. The fraction of sp³-hybridized carbons (Fsp3) is 0.941. The van der Waals surface area contributed by atoms with E-state index in [1.807, 2.05) is 0 Å². The summed E-state index contributed by atoms with van der Waals surface area (Å²) in [5.74, 6) is -1.55. The standard InChI is InChI=1S/C34H58N2O25/c1-8-17(43)22(48)24(50)32(53-8)61-29-23(49)18(44)11(4-37)57-34(29)59-27-16(36-10(3)42)31(55-13(6-39)20(27)46)60-28-21(47)14(7-40)56-33(25(28)51)58-26-15(35-9(2)41)30(52)54-12(5-38)19(26)45/h8,11-34,37-40,43-52H,4-7H2,1-3H3,(H,35,41)(H,36,42)/t8-,11+,12+,13+,14+,15+,16+,17+,18-,19-,20+,21-,22+,23-,24-,25+,26+,27+,28-,29+,30-,31-,32-,33-,34-/m0/s1. The zero-order chi connectivity index (χ0) is 45.2. The first-order valence-corrected chi connectivity index (χ1v) is 19.5. The van der Waals surface area contributed by atoms with E-state index in [0.717, 1.165) is 13.8 Å². The van der Waals surface area contributed by atoms with Crippen molar-refractivity contribution in [2.24, 2.45) is 0 Å². The summed E-state index contributed by atoms with van der Waals surface area (Å²) in [6.45, 7) is -0.273. The van der Waals surface area contributed by atoms with Crippen molar-refractivity contribution in [3.63, 3.8) is 0 Å². The molecule has 0 aromatic carbocycles. The minimum Gasteiger partial charge on any atom is -0.394 e. The summed E-state index contributed by atoms with van der Waals surface area (Å²) in [6.07, 6.45) is -41.5. The van der Waals surface area contributed by atoms with Gasteiger partial charge >= 0.3 is 0 Å². The summed E-state index contributed by atoms with van der Waals surface area (Å²) in [5.41, 5.74) is 0. The van der Waals surface area contributed by atoms with Crippen LogP contribution in [-0.2, 0) is 52.2 Å². The molecule has 0 spiro atoms. The van der Waals surface area contributed by atoms with Crippen LogP contribution in [0.15, 0.2) is 0 Å². The summed E-state index contributed by atoms with van der Waals surface area (Å²) in [4.78, 5) is 24.7. The second-order valence-corrected chi connectivity index (χ2v) is 15.4. The molecule has 61 heavy (non-hydrogen) atoms. The van der Waals surface area contributed by atoms with E-state index in [1.165, 1.54) is 6.92 Å². The molecule has 5 fully saturated rings. The van der Waals surface area contributed by atoms with Crippen LogP contribution in [0.5, 0.6) is 0 Å². The smallest absolute Gasteiger partial charge is 0.217 e. The van der Waals surface area contributed by atoms with E-state index >= 15 is 0 Å². The average Bonchev–Trinajstić information content (AvgIpc) is 3.21. The van der Waals surface area contributed by atoms with Crippen molar-refractivity contribution in [3.8, 4) is 0 Å². The van der Waals surface area contributed by atoms with Crippen LogP contribution < -0.4 is 10.6 Å². The highest BCUT2D eigenvalue weighted by molar-refractivity contribution is 5.73. The van der Waals surface area contributed by atoms with Gasteiger partial charge in [-0.2, -0.15) is 0 Å². The van der Waals surface area contributed by atoms with Crippen LogP contribution in [0.4, 0.5) is 0 Å². The number of aliphatic hydroxyl groups is 14. The molecule has 0 saturated carbocycles. The van der Waals surface area contributed by atoms with Crippen LogP contribution in [0.25, 0.3) is 0 Å². The Kier molecular flexibility index (Phi) is 17.5. The van der Waals surface area contributed by atoms with Gasteiger partial charge in [-0.1, -0.05) is 0 Å². The zero-order valence-electron chi connectivity index (χ0n) is 33.0. The number of hydrogen-bond donors (Lipinski definition) is 16. The summed E-state index contributed by atoms with van der Waals surface area (Å²) < 4.78 is 51.3. The van der Waals surface area contributed by atoms with Gasteiger partial charge in [0.1, 0.15) is 116 Å². The van der Waals surface area contributed by atoms with Gasteiger partial charge in [0.2, 0.25) is 11.8 Å². The van der Waals surface area contributed by atoms with Crippen molar-refractivity contribution in [1.29, 1.82) is 0 Å². The van der Waals surface area contributed by atoms with Crippen LogP contribution in [0.1, 0.15) is 20.8 Å². The fourth-order valence-corrected chi connectivity index (χ4v) is 7.75. The molecule has 0 unspecified atom stereocenters. The van der Waals surface area contributed by atoms with Gasteiger partial charge < -0.3 is 125 Å². The molecule has 0 radical (unpaired) electrons. The van der Waals surface area contributed by atoms with Crippen molar-refractivity contribution >= 4 is 11.8 Å². The fourth-order valence-electron chi connectivity index (χ4n) is 7.75. The number of carbonyl (C=O) groups excluding carboxylic acids is 2. The van der Waals surface area contributed by atoms with Crippen molar-refractivity contribution < 1.29 is 124 Å². The number of hydrogen-bond acceptors (Lipinski definition) is 25. The predicted octanol–water partition coefficient (Wildman–Crippen LogP) is -10.6. The molecule has 5 aliphatic rings. The minimum absolute atomic E-state index is 0.719. The Morgan fingerprint density at radius 2 is 0.836 bits per heavy atom. The molecular weight excluding hydrogens is 836 g/mol. The first-order valence-electron chi connectivity index (χ1n) is 19.5. The quantitative estimate of drug-likeness (QED) is 0.0770. The number of nitrogens with one attached hydrogen (secondary N) is 2. The summed E-state index contributed by atoms with van der Waals surface area (Å²) in [5, 5.41) is 154. The van der Waals surface area contributed by atoms with E-state index in [-0.39, 0.29) is 0 Å². The van der Waals surface area contributed by atoms with E-state index in [4.69, 9.17) is 42.6 Å². The Morgan fingerprint density at radius 1 is 0.426 bits per heavy atom. The third-order valence-corrected chi connectivity index (χ3v) is 11.1. The van der Waals surface area contributed by atoms with E-state index in [1.54, 1.807) is 0 Å². The Hall–Kier alpha value is -1.98. The molecule has 0 aromatic rings. The zero-order valence-corrected chi connectivity index (χ0v) is 33.0. The van der Waals surface area contributed by atoms with Gasteiger partial charge in [0, 0.05) is 13.8 Å². The van der Waals surface area contributed by atoms with Gasteiger partial charge in [-0.25, -0.2) is 0 Å². The Labute approximate surface area is 346 Å². The SMILES string of the molecule is CC(=O)N[C@@H]1[C@@H](O[C@@H]2O[C@H](CO)[C@H](O)[C@H](O[C@@H]3O[C@H](CO)[C@@H](O)[C@H](O[C@@H]4O[C@H](CO)[C@H](O)[C@H](O)[C@H]4O[C@@H]4O[C@@H](C)[C@@H](O)[C@@H](O)[C@@H]4O)[C@H]3NC(C)=O)[C@H]2O)[C@@H](O)[C@@H](CO)O[C@@H]1O. The van der Waals surface area contributed by atoms with Gasteiger partial charge in [-0.05, 0) is 6.92 Å². The largest absolute Gasteiger partial charge is 0.394 e. The van der Waals surface area contributed by atoms with Crippen molar-refractivity contribution in [3.05, 3.63) is 0 Å². The molecule has 25 atom stereocenters. The second-order valence-electron chi connectivity index (χ2n) is 15.4. The third-order valence-electron chi connectivity index (χ3n) is 11.1. The first-order chi connectivity index (χ1) is 28.8. The topological polar surface area (TPSA) is 424 Å². The molecule has 5 heterocycles. The summed E-state index contributed by atoms with van der Waals surface area (Å²) >= 11 is 0. The van der Waals surface area contributed by atoms with E-state index < -0.39 is 192 Å². The Balaban J connectivity index is 1.45. The van der Waals surface area contributed by atoms with Crippen LogP contribution in [0.3, 0.4) is 0 Å². The monoisotopic (exact) mass is 894 g/mol. The van der Waals surface area contributed by atoms with E-state index in [9.17, 15) is 81.1 Å². The molecule has 16 N–H and O–H groups in total. The van der Waals surface area contributed by atoms with Crippen molar-refractivity contribution in [1.82, 2.24) is 10.6 Å². The number of rotatable bonds is 14. The molecule has 5 saturated heterocycles. The van der Waals surface area contributed by atoms with Crippen LogP contribution >= 0.6 is 0 Å². The summed E-state index contributed by atoms with van der Waals surface area (Å²) in [6, 6.07) is -3.27. The predicted molar refractivity (Wildman–Crippen MR) is 188 cm³/mol. The lowest BCUT2D eigenvalue weighted by Crippen LogP contribution is -2.71. The van der Waals surface area contributed by atoms with Crippen LogP contribution in [-0.4, -0.2) is 263 Å². The molecule has 27 nitrogen and oxygen atoms in total. The highest BCUT2D eigenvalue weighted by Gasteiger charge is 2.57. The molecule has 0 bridgehead atoms. The van der Waals surface area contributed by atoms with Crippen molar-refractivity contribution in [2.45, 2.75) is 174 Å². The van der Waals surface area contributed by atoms with Crippen LogP contribution in [0.2, 0.25) is 0 Å². The van der Waals surface area contributed by atoms with Crippen LogP contribution in [0, 0.1) is 0 Å².